The van der Waals surface area contributed by atoms with Crippen LogP contribution < -0.4 is 14.9 Å². The molecule has 19 heteroatoms. The molecular weight excluding hydrogens is 1010 g/mol. The molecule has 0 radical (unpaired) electrons. The first-order valence-electron chi connectivity index (χ1n) is 24.1. The van der Waals surface area contributed by atoms with Crippen molar-refractivity contribution < 1.29 is 49.4 Å². The maximum absolute atomic E-state index is 14.3. The van der Waals surface area contributed by atoms with Crippen molar-refractivity contribution in [3.63, 3.8) is 0 Å². The van der Waals surface area contributed by atoms with E-state index in [1.807, 2.05) is 90.6 Å². The molecule has 1 fully saturated rings. The fraction of sp³-hybridized carbons (Fsp3) is 0.396. The number of anilines is 2. The number of amides is 1. The van der Waals surface area contributed by atoms with Gasteiger partial charge in [0.15, 0.2) is 0 Å². The predicted octanol–water partition coefficient (Wildman–Crippen LogP) is 11.2. The van der Waals surface area contributed by atoms with Crippen molar-refractivity contribution >= 4 is 66.5 Å². The van der Waals surface area contributed by atoms with Crippen molar-refractivity contribution in [1.82, 2.24) is 9.62 Å². The molecule has 5 aromatic rings. The standard InChI is InChI=1S/C53H62ClF3N4O8S3/c1-3-69-50(62)18-10-5-4-6-13-32-60(2)33-31-42(37-70-44-14-8-7-9-15-44)58-48-28-27-45(36-49(48)71(65,66)53(55,56)57)72(67,68)59-52(64)40-21-25-43(26-22-40)61-34-29-39(30-35-61)51(63)47-17-12-11-16-46(47)38-19-23-41(54)24-20-38/h7-9,11-12,14-17,19-28,36,39,42,51,58,63H,3-6,10,13,18,29-35,37H2,1-2H3,(H,59,64)/t42-,51-/m1/s1. The number of aliphatic hydroxyl groups excluding tert-OH is 1. The van der Waals surface area contributed by atoms with Gasteiger partial charge in [-0.2, -0.15) is 13.2 Å². The first-order chi connectivity index (χ1) is 34.4. The lowest BCUT2D eigenvalue weighted by Gasteiger charge is -2.36. The lowest BCUT2D eigenvalue weighted by atomic mass is 9.84. The van der Waals surface area contributed by atoms with Crippen LogP contribution in [0.1, 0.15) is 86.7 Å². The number of nitrogens with zero attached hydrogens (tertiary/aromatic N) is 2. The number of piperidine rings is 1. The number of aliphatic hydroxyl groups is 1. The molecule has 0 unspecified atom stereocenters. The molecule has 1 saturated heterocycles. The molecule has 0 spiro atoms. The van der Waals surface area contributed by atoms with E-state index in [9.17, 15) is 44.7 Å². The quantitative estimate of drug-likeness (QED) is 0.0289. The van der Waals surface area contributed by atoms with Crippen LogP contribution in [0.5, 0.6) is 0 Å². The van der Waals surface area contributed by atoms with Crippen LogP contribution in [0.4, 0.5) is 24.5 Å². The first kappa shape index (κ1) is 56.2. The number of alkyl halides is 3. The van der Waals surface area contributed by atoms with Crippen molar-refractivity contribution in [3.8, 4) is 11.1 Å². The fourth-order valence-electron chi connectivity index (χ4n) is 8.61. The third kappa shape index (κ3) is 15.7. The Morgan fingerprint density at radius 1 is 0.847 bits per heavy atom. The number of rotatable bonds is 25. The number of nitrogens with one attached hydrogen (secondary N) is 2. The number of esters is 1. The number of thioether (sulfide) groups is 1. The maximum Gasteiger partial charge on any atom is 0.501 e. The second-order valence-electron chi connectivity index (χ2n) is 17.8. The molecule has 1 amide bonds. The van der Waals surface area contributed by atoms with Gasteiger partial charge in [0.1, 0.15) is 4.90 Å². The zero-order valence-electron chi connectivity index (χ0n) is 40.3. The molecule has 0 aliphatic carbocycles. The molecule has 1 aliphatic heterocycles. The highest BCUT2D eigenvalue weighted by Crippen LogP contribution is 2.39. The van der Waals surface area contributed by atoms with Gasteiger partial charge in [0.25, 0.3) is 25.8 Å². The molecule has 5 aromatic carbocycles. The van der Waals surface area contributed by atoms with Gasteiger partial charge < -0.3 is 25.0 Å². The third-order valence-electron chi connectivity index (χ3n) is 12.6. The Balaban J connectivity index is 1.09. The topological polar surface area (TPSA) is 162 Å². The fourth-order valence-corrected chi connectivity index (χ4v) is 11.7. The van der Waals surface area contributed by atoms with Gasteiger partial charge in [-0.1, -0.05) is 85.5 Å². The third-order valence-corrected chi connectivity index (χ3v) is 16.9. The van der Waals surface area contributed by atoms with Gasteiger partial charge in [-0.25, -0.2) is 21.6 Å². The molecule has 12 nitrogen and oxygen atoms in total. The maximum atomic E-state index is 14.3. The number of ether oxygens (including phenoxy) is 1. The van der Waals surface area contributed by atoms with Crippen molar-refractivity contribution in [2.75, 3.05) is 55.8 Å². The molecule has 2 atom stereocenters. The number of benzene rings is 5. The molecule has 72 heavy (non-hydrogen) atoms. The molecule has 1 heterocycles. The van der Waals surface area contributed by atoms with Crippen LogP contribution in [0.2, 0.25) is 5.02 Å². The van der Waals surface area contributed by atoms with E-state index < -0.39 is 58.9 Å². The number of carbonyl (C=O) groups is 2. The predicted molar refractivity (Wildman–Crippen MR) is 279 cm³/mol. The number of sulfonamides is 1. The molecule has 3 N–H and O–H groups in total. The van der Waals surface area contributed by atoms with Crippen molar-refractivity contribution in [1.29, 1.82) is 0 Å². The lowest BCUT2D eigenvalue weighted by molar-refractivity contribution is -0.143. The second-order valence-corrected chi connectivity index (χ2v) is 23.0. The number of halogens is 4. The Bertz CT molecular complexity index is 2780. The number of hydrogen-bond acceptors (Lipinski definition) is 12. The van der Waals surface area contributed by atoms with Crippen LogP contribution >= 0.6 is 23.4 Å². The highest BCUT2D eigenvalue weighted by molar-refractivity contribution is 7.99. The summed E-state index contributed by atoms with van der Waals surface area (Å²) in [5.41, 5.74) is -2.80. The summed E-state index contributed by atoms with van der Waals surface area (Å²) >= 11 is 7.54. The summed E-state index contributed by atoms with van der Waals surface area (Å²) in [6, 6.07) is 32.5. The first-order valence-corrected chi connectivity index (χ1v) is 28.4. The largest absolute Gasteiger partial charge is 0.501 e. The van der Waals surface area contributed by atoms with Crippen LogP contribution in [0.3, 0.4) is 0 Å². The number of sulfone groups is 1. The van der Waals surface area contributed by atoms with E-state index in [1.165, 1.54) is 23.9 Å². The van der Waals surface area contributed by atoms with E-state index in [2.05, 4.69) is 15.1 Å². The SMILES string of the molecule is CCOC(=O)CCCCCCCN(C)CC[C@H](CSc1ccccc1)Nc1ccc(S(=O)(=O)NC(=O)c2ccc(N3CCC([C@@H](O)c4ccccc4-c4ccc(Cl)cc4)CC3)cc2)cc1S(=O)(=O)C(F)(F)F. The Hall–Kier alpha value is -5.11. The van der Waals surface area contributed by atoms with Crippen LogP contribution in [0.15, 0.2) is 136 Å². The summed E-state index contributed by atoms with van der Waals surface area (Å²) in [7, 11) is -9.07. The van der Waals surface area contributed by atoms with E-state index in [0.29, 0.717) is 68.8 Å². The lowest BCUT2D eigenvalue weighted by Crippen LogP contribution is -2.36. The van der Waals surface area contributed by atoms with Crippen molar-refractivity contribution in [3.05, 3.63) is 137 Å². The Kier molecular flexibility index (Phi) is 20.5. The number of unbranched alkanes of at least 4 members (excludes halogenated alkanes) is 4. The van der Waals surface area contributed by atoms with E-state index in [0.717, 1.165) is 78.1 Å². The van der Waals surface area contributed by atoms with Crippen molar-refractivity contribution in [2.24, 2.45) is 5.92 Å². The number of hydrogen-bond donors (Lipinski definition) is 3. The van der Waals surface area contributed by atoms with E-state index in [1.54, 1.807) is 19.1 Å². The minimum atomic E-state index is -6.10. The molecule has 0 saturated carbocycles. The second kappa shape index (κ2) is 26.2. The van der Waals surface area contributed by atoms with E-state index in [-0.39, 0.29) is 17.5 Å². The summed E-state index contributed by atoms with van der Waals surface area (Å²) in [5, 5.41) is 15.1. The average Bonchev–Trinajstić information content (AvgIpc) is 3.37. The molecular formula is C53H62ClF3N4O8S3. The Morgan fingerprint density at radius 3 is 2.18 bits per heavy atom. The van der Waals surface area contributed by atoms with E-state index in [4.69, 9.17) is 16.3 Å². The Morgan fingerprint density at radius 2 is 1.50 bits per heavy atom. The molecule has 0 bridgehead atoms. The zero-order valence-corrected chi connectivity index (χ0v) is 43.5. The average molecular weight is 1070 g/mol. The molecule has 1 aliphatic rings. The number of carbonyl (C=O) groups excluding carboxylic acids is 2. The molecule has 6 rings (SSSR count). The highest BCUT2D eigenvalue weighted by Gasteiger charge is 2.48. The molecule has 0 aromatic heterocycles. The Labute approximate surface area is 430 Å². The summed E-state index contributed by atoms with van der Waals surface area (Å²) in [4.78, 5) is 27.9. The van der Waals surface area contributed by atoms with Crippen LogP contribution in [0, 0.1) is 5.92 Å². The minimum absolute atomic E-state index is 0.0254. The minimum Gasteiger partial charge on any atom is -0.466 e. The monoisotopic (exact) mass is 1070 g/mol. The summed E-state index contributed by atoms with van der Waals surface area (Å²) in [6.45, 7) is 4.59. The van der Waals surface area contributed by atoms with E-state index >= 15 is 0 Å². The van der Waals surface area contributed by atoms with Gasteiger partial charge >= 0.3 is 11.5 Å². The summed E-state index contributed by atoms with van der Waals surface area (Å²) in [6.07, 6.45) is 5.84. The summed E-state index contributed by atoms with van der Waals surface area (Å²) in [5.74, 6) is -0.959. The van der Waals surface area contributed by atoms with Gasteiger partial charge in [0.2, 0.25) is 0 Å². The van der Waals surface area contributed by atoms with Crippen molar-refractivity contribution in [2.45, 2.75) is 97.1 Å². The zero-order chi connectivity index (χ0) is 51.9. The normalized spacial score (nSPS) is 14.5. The van der Waals surface area contributed by atoms with Gasteiger partial charge in [0, 0.05) is 52.5 Å². The van der Waals surface area contributed by atoms with Gasteiger partial charge in [-0.15, -0.1) is 11.8 Å². The van der Waals surface area contributed by atoms with Crippen LogP contribution in [-0.4, -0.2) is 95.9 Å². The van der Waals surface area contributed by atoms with Gasteiger partial charge in [0.05, 0.1) is 23.3 Å². The molecule has 388 valence electrons. The smallest absolute Gasteiger partial charge is 0.466 e. The van der Waals surface area contributed by atoms with Gasteiger partial charge in [-0.3, -0.25) is 9.59 Å². The van der Waals surface area contributed by atoms with Crippen LogP contribution in [0.25, 0.3) is 11.1 Å². The van der Waals surface area contributed by atoms with Gasteiger partial charge in [-0.05, 0) is 149 Å². The highest BCUT2D eigenvalue weighted by atomic mass is 35.5. The summed E-state index contributed by atoms with van der Waals surface area (Å²) < 4.78 is 103. The van der Waals surface area contributed by atoms with Crippen LogP contribution in [-0.2, 0) is 29.4 Å².